The molecule has 0 unspecified atom stereocenters. The van der Waals surface area contributed by atoms with Gasteiger partial charge in [0.2, 0.25) is 0 Å². The summed E-state index contributed by atoms with van der Waals surface area (Å²) in [7, 11) is 0. The van der Waals surface area contributed by atoms with Crippen molar-refractivity contribution >= 4 is 11.9 Å². The van der Waals surface area contributed by atoms with Gasteiger partial charge in [-0.1, -0.05) is 54.6 Å². The molecule has 1 heteroatoms. The molecule has 0 heterocycles. The summed E-state index contributed by atoms with van der Waals surface area (Å²) in [4.78, 5) is 11.2. The molecular weight excluding hydrogens is 232 g/mol. The van der Waals surface area contributed by atoms with E-state index in [0.717, 1.165) is 6.29 Å². The van der Waals surface area contributed by atoms with Crippen LogP contribution in [-0.4, -0.2) is 6.29 Å². The van der Waals surface area contributed by atoms with E-state index < -0.39 is 5.41 Å². The van der Waals surface area contributed by atoms with E-state index in [4.69, 9.17) is 0 Å². The molecule has 0 amide bonds. The molecule has 0 radical (unpaired) electrons. The molecule has 0 aromatic heterocycles. The number of carbonyl (C=O) groups is 1. The number of rotatable bonds is 2. The molecule has 1 nitrogen and oxygen atoms in total. The van der Waals surface area contributed by atoms with Crippen LogP contribution in [0.3, 0.4) is 0 Å². The number of fused-ring (bicyclic) bond motifs is 3. The first-order valence-electron chi connectivity index (χ1n) is 6.51. The Balaban J connectivity index is 2.29. The lowest BCUT2D eigenvalue weighted by Gasteiger charge is -2.13. The SMILES string of the molecule is CC(C)(C=O)C=C1c2ccccc2-c2ccccc21. The van der Waals surface area contributed by atoms with E-state index in [1.807, 2.05) is 26.0 Å². The Morgan fingerprint density at radius 1 is 0.789 bits per heavy atom. The van der Waals surface area contributed by atoms with E-state index >= 15 is 0 Å². The first kappa shape index (κ1) is 11.9. The van der Waals surface area contributed by atoms with Crippen LogP contribution in [0.5, 0.6) is 0 Å². The van der Waals surface area contributed by atoms with Crippen LogP contribution in [0, 0.1) is 5.41 Å². The molecule has 1 aliphatic rings. The Hall–Kier alpha value is -2.15. The topological polar surface area (TPSA) is 17.1 Å². The molecule has 0 N–H and O–H groups in total. The number of hydrogen-bond donors (Lipinski definition) is 0. The maximum absolute atomic E-state index is 11.2. The fourth-order valence-corrected chi connectivity index (χ4v) is 2.61. The molecule has 94 valence electrons. The lowest BCUT2D eigenvalue weighted by atomic mass is 9.89. The molecule has 0 saturated heterocycles. The van der Waals surface area contributed by atoms with E-state index in [9.17, 15) is 4.79 Å². The summed E-state index contributed by atoms with van der Waals surface area (Å²) in [5.41, 5.74) is 5.68. The minimum absolute atomic E-state index is 0.445. The lowest BCUT2D eigenvalue weighted by Crippen LogP contribution is -2.09. The Morgan fingerprint density at radius 3 is 1.63 bits per heavy atom. The Morgan fingerprint density at radius 2 is 1.21 bits per heavy atom. The van der Waals surface area contributed by atoms with Crippen molar-refractivity contribution in [1.29, 1.82) is 0 Å². The van der Waals surface area contributed by atoms with Gasteiger partial charge in [0.25, 0.3) is 0 Å². The minimum Gasteiger partial charge on any atom is -0.302 e. The van der Waals surface area contributed by atoms with Crippen molar-refractivity contribution in [3.05, 3.63) is 65.7 Å². The summed E-state index contributed by atoms with van der Waals surface area (Å²) in [6.07, 6.45) is 3.08. The maximum atomic E-state index is 11.2. The molecular formula is C18H16O. The van der Waals surface area contributed by atoms with Crippen molar-refractivity contribution < 1.29 is 4.79 Å². The highest BCUT2D eigenvalue weighted by atomic mass is 16.1. The smallest absolute Gasteiger partial charge is 0.129 e. The van der Waals surface area contributed by atoms with Crippen molar-refractivity contribution in [3.8, 4) is 11.1 Å². The van der Waals surface area contributed by atoms with Gasteiger partial charge in [-0.3, -0.25) is 0 Å². The highest BCUT2D eigenvalue weighted by molar-refractivity contribution is 6.01. The van der Waals surface area contributed by atoms with Gasteiger partial charge in [0.05, 0.1) is 0 Å². The van der Waals surface area contributed by atoms with Crippen LogP contribution in [0.1, 0.15) is 25.0 Å². The standard InChI is InChI=1S/C18H16O/c1-18(2,12-19)11-17-15-9-5-3-7-13(15)14-8-4-6-10-16(14)17/h3-12H,1-2H3. The maximum Gasteiger partial charge on any atom is 0.129 e. The molecule has 1 aliphatic carbocycles. The summed E-state index contributed by atoms with van der Waals surface area (Å²) < 4.78 is 0. The van der Waals surface area contributed by atoms with E-state index in [0.29, 0.717) is 0 Å². The van der Waals surface area contributed by atoms with Crippen LogP contribution in [0.15, 0.2) is 54.6 Å². The summed E-state index contributed by atoms with van der Waals surface area (Å²) in [5, 5.41) is 0. The second-order valence-corrected chi connectivity index (χ2v) is 5.59. The van der Waals surface area contributed by atoms with Gasteiger partial charge in [-0.05, 0) is 41.7 Å². The van der Waals surface area contributed by atoms with E-state index in [-0.39, 0.29) is 0 Å². The molecule has 2 aromatic rings. The van der Waals surface area contributed by atoms with Crippen LogP contribution in [0.25, 0.3) is 16.7 Å². The van der Waals surface area contributed by atoms with Gasteiger partial charge in [0.1, 0.15) is 6.29 Å². The second-order valence-electron chi connectivity index (χ2n) is 5.59. The van der Waals surface area contributed by atoms with Gasteiger partial charge in [0.15, 0.2) is 0 Å². The van der Waals surface area contributed by atoms with Crippen molar-refractivity contribution in [2.45, 2.75) is 13.8 Å². The lowest BCUT2D eigenvalue weighted by molar-refractivity contribution is -0.112. The summed E-state index contributed by atoms with van der Waals surface area (Å²) in [6, 6.07) is 16.8. The Bertz CT molecular complexity index is 630. The third kappa shape index (κ3) is 1.91. The van der Waals surface area contributed by atoms with Gasteiger partial charge in [0, 0.05) is 5.41 Å². The second kappa shape index (κ2) is 4.20. The number of benzene rings is 2. The normalized spacial score (nSPS) is 12.8. The molecule has 0 atom stereocenters. The fourth-order valence-electron chi connectivity index (χ4n) is 2.61. The van der Waals surface area contributed by atoms with E-state index in [1.54, 1.807) is 0 Å². The summed E-state index contributed by atoms with van der Waals surface area (Å²) in [6.45, 7) is 3.88. The Labute approximate surface area is 113 Å². The zero-order chi connectivity index (χ0) is 13.5. The van der Waals surface area contributed by atoms with E-state index in [2.05, 4.69) is 42.5 Å². The zero-order valence-electron chi connectivity index (χ0n) is 11.2. The largest absolute Gasteiger partial charge is 0.302 e. The van der Waals surface area contributed by atoms with E-state index in [1.165, 1.54) is 27.8 Å². The van der Waals surface area contributed by atoms with Gasteiger partial charge >= 0.3 is 0 Å². The van der Waals surface area contributed by atoms with Crippen molar-refractivity contribution in [2.24, 2.45) is 5.41 Å². The summed E-state index contributed by atoms with van der Waals surface area (Å²) >= 11 is 0. The molecule has 19 heavy (non-hydrogen) atoms. The fraction of sp³-hybridized carbons (Fsp3) is 0.167. The molecule has 2 aromatic carbocycles. The third-order valence-electron chi connectivity index (χ3n) is 3.54. The molecule has 0 spiro atoms. The number of aldehydes is 1. The van der Waals surface area contributed by atoms with Gasteiger partial charge in [-0.25, -0.2) is 0 Å². The first-order chi connectivity index (χ1) is 9.12. The van der Waals surface area contributed by atoms with Crippen LogP contribution >= 0.6 is 0 Å². The first-order valence-corrected chi connectivity index (χ1v) is 6.51. The van der Waals surface area contributed by atoms with Gasteiger partial charge in [-0.15, -0.1) is 0 Å². The highest BCUT2D eigenvalue weighted by Gasteiger charge is 2.25. The monoisotopic (exact) mass is 248 g/mol. The molecule has 0 saturated carbocycles. The number of hydrogen-bond acceptors (Lipinski definition) is 1. The van der Waals surface area contributed by atoms with Crippen LogP contribution in [0.4, 0.5) is 0 Å². The van der Waals surface area contributed by atoms with Crippen LogP contribution < -0.4 is 0 Å². The van der Waals surface area contributed by atoms with Crippen molar-refractivity contribution in [3.63, 3.8) is 0 Å². The molecule has 0 fully saturated rings. The molecule has 3 rings (SSSR count). The number of carbonyl (C=O) groups excluding carboxylic acids is 1. The number of allylic oxidation sites excluding steroid dienone is 1. The third-order valence-corrected chi connectivity index (χ3v) is 3.54. The molecule has 0 aliphatic heterocycles. The van der Waals surface area contributed by atoms with Crippen LogP contribution in [0.2, 0.25) is 0 Å². The highest BCUT2D eigenvalue weighted by Crippen LogP contribution is 2.45. The quantitative estimate of drug-likeness (QED) is 0.617. The predicted octanol–water partition coefficient (Wildman–Crippen LogP) is 4.32. The van der Waals surface area contributed by atoms with Crippen LogP contribution in [-0.2, 0) is 4.79 Å². The predicted molar refractivity (Wildman–Crippen MR) is 78.8 cm³/mol. The average molecular weight is 248 g/mol. The minimum atomic E-state index is -0.445. The van der Waals surface area contributed by atoms with Gasteiger partial charge < -0.3 is 4.79 Å². The van der Waals surface area contributed by atoms with Crippen molar-refractivity contribution in [1.82, 2.24) is 0 Å². The Kier molecular flexibility index (Phi) is 2.63. The average Bonchev–Trinajstić information content (AvgIpc) is 2.74. The summed E-state index contributed by atoms with van der Waals surface area (Å²) in [5.74, 6) is 0. The molecule has 0 bridgehead atoms. The van der Waals surface area contributed by atoms with Gasteiger partial charge in [-0.2, -0.15) is 0 Å². The zero-order valence-corrected chi connectivity index (χ0v) is 11.2. The van der Waals surface area contributed by atoms with Crippen molar-refractivity contribution in [2.75, 3.05) is 0 Å².